The Kier molecular flexibility index (Phi) is 4.83. The van der Waals surface area contributed by atoms with E-state index < -0.39 is 0 Å². The number of oxime groups is 1. The molecule has 0 spiro atoms. The SMILES string of the molecule is Cc1ccc(C2=NOC(CN3CCCC3)C2)cc1.Cl. The van der Waals surface area contributed by atoms with Crippen LogP contribution in [-0.2, 0) is 4.84 Å². The van der Waals surface area contributed by atoms with E-state index in [1.807, 2.05) is 0 Å². The maximum Gasteiger partial charge on any atom is 0.145 e. The second-order valence-electron chi connectivity index (χ2n) is 5.34. The Hall–Kier alpha value is -1.06. The Morgan fingerprint density at radius 1 is 1.21 bits per heavy atom. The van der Waals surface area contributed by atoms with E-state index in [9.17, 15) is 0 Å². The molecule has 0 saturated carbocycles. The number of hydrogen-bond donors (Lipinski definition) is 0. The summed E-state index contributed by atoms with van der Waals surface area (Å²) in [4.78, 5) is 8.04. The molecule has 104 valence electrons. The molecule has 19 heavy (non-hydrogen) atoms. The van der Waals surface area contributed by atoms with Gasteiger partial charge in [-0.05, 0) is 38.4 Å². The molecule has 0 radical (unpaired) electrons. The molecule has 1 atom stereocenters. The van der Waals surface area contributed by atoms with Crippen LogP contribution in [0.3, 0.4) is 0 Å². The van der Waals surface area contributed by atoms with Gasteiger partial charge in [0, 0.05) is 13.0 Å². The van der Waals surface area contributed by atoms with E-state index in [0.717, 1.165) is 18.7 Å². The number of benzene rings is 1. The topological polar surface area (TPSA) is 24.8 Å². The summed E-state index contributed by atoms with van der Waals surface area (Å²) in [5, 5.41) is 4.25. The number of halogens is 1. The normalized spacial score (nSPS) is 22.8. The molecule has 1 unspecified atom stereocenters. The molecule has 0 aromatic heterocycles. The van der Waals surface area contributed by atoms with Gasteiger partial charge < -0.3 is 4.84 Å². The van der Waals surface area contributed by atoms with Crippen molar-refractivity contribution in [1.29, 1.82) is 0 Å². The van der Waals surface area contributed by atoms with Crippen molar-refractivity contribution in [3.8, 4) is 0 Å². The van der Waals surface area contributed by atoms with Gasteiger partial charge in [0.2, 0.25) is 0 Å². The molecule has 3 rings (SSSR count). The average molecular weight is 281 g/mol. The highest BCUT2D eigenvalue weighted by molar-refractivity contribution is 6.01. The highest BCUT2D eigenvalue weighted by Gasteiger charge is 2.25. The van der Waals surface area contributed by atoms with Crippen molar-refractivity contribution < 1.29 is 4.84 Å². The van der Waals surface area contributed by atoms with E-state index in [2.05, 4.69) is 41.2 Å². The number of nitrogens with zero attached hydrogens (tertiary/aromatic N) is 2. The fourth-order valence-corrected chi connectivity index (χ4v) is 2.70. The van der Waals surface area contributed by atoms with Crippen molar-refractivity contribution in [2.24, 2.45) is 5.16 Å². The number of likely N-dealkylation sites (tertiary alicyclic amines) is 1. The van der Waals surface area contributed by atoms with Gasteiger partial charge in [-0.1, -0.05) is 35.0 Å². The third kappa shape index (κ3) is 3.48. The molecule has 4 heteroatoms. The lowest BCUT2D eigenvalue weighted by Crippen LogP contribution is -2.30. The van der Waals surface area contributed by atoms with Crippen LogP contribution < -0.4 is 0 Å². The fraction of sp³-hybridized carbons (Fsp3) is 0.533. The predicted molar refractivity (Wildman–Crippen MR) is 80.1 cm³/mol. The average Bonchev–Trinajstić information content (AvgIpc) is 3.02. The van der Waals surface area contributed by atoms with Crippen LogP contribution in [0.25, 0.3) is 0 Å². The molecule has 0 aliphatic carbocycles. The molecule has 2 aliphatic rings. The van der Waals surface area contributed by atoms with Crippen LogP contribution in [0.2, 0.25) is 0 Å². The Balaban J connectivity index is 0.00000133. The minimum Gasteiger partial charge on any atom is -0.390 e. The van der Waals surface area contributed by atoms with Gasteiger partial charge in [-0.3, -0.25) is 4.90 Å². The first-order valence-corrected chi connectivity index (χ1v) is 6.83. The first kappa shape index (κ1) is 14.4. The minimum absolute atomic E-state index is 0. The van der Waals surface area contributed by atoms with Gasteiger partial charge in [-0.2, -0.15) is 0 Å². The molecule has 0 N–H and O–H groups in total. The van der Waals surface area contributed by atoms with Gasteiger partial charge in [-0.25, -0.2) is 0 Å². The molecule has 1 aromatic carbocycles. The van der Waals surface area contributed by atoms with Crippen LogP contribution in [0.1, 0.15) is 30.4 Å². The first-order valence-electron chi connectivity index (χ1n) is 6.83. The Bertz CT molecular complexity index is 438. The molecule has 1 fully saturated rings. The molecule has 3 nitrogen and oxygen atoms in total. The van der Waals surface area contributed by atoms with Gasteiger partial charge in [0.1, 0.15) is 6.10 Å². The lowest BCUT2D eigenvalue weighted by molar-refractivity contribution is 0.0589. The van der Waals surface area contributed by atoms with E-state index >= 15 is 0 Å². The largest absolute Gasteiger partial charge is 0.390 e. The van der Waals surface area contributed by atoms with E-state index in [4.69, 9.17) is 4.84 Å². The summed E-state index contributed by atoms with van der Waals surface area (Å²) in [5.41, 5.74) is 3.58. The standard InChI is InChI=1S/C15H20N2O.ClH/c1-12-4-6-13(7-5-12)15-10-14(18-16-15)11-17-8-2-3-9-17;/h4-7,14H,2-3,8-11H2,1H3;1H. The quantitative estimate of drug-likeness (QED) is 0.850. The second kappa shape index (κ2) is 6.40. The Labute approximate surface area is 121 Å². The zero-order valence-electron chi connectivity index (χ0n) is 11.3. The Morgan fingerprint density at radius 2 is 1.89 bits per heavy atom. The number of hydrogen-bond acceptors (Lipinski definition) is 3. The van der Waals surface area contributed by atoms with E-state index in [0.29, 0.717) is 0 Å². The van der Waals surface area contributed by atoms with Gasteiger partial charge in [0.25, 0.3) is 0 Å². The summed E-state index contributed by atoms with van der Waals surface area (Å²) in [6.45, 7) is 5.57. The first-order chi connectivity index (χ1) is 8.81. The molecule has 0 amide bonds. The zero-order chi connectivity index (χ0) is 12.4. The third-order valence-corrected chi connectivity index (χ3v) is 3.78. The van der Waals surface area contributed by atoms with Crippen LogP contribution in [0, 0.1) is 6.92 Å². The summed E-state index contributed by atoms with van der Waals surface area (Å²) in [6, 6.07) is 8.53. The summed E-state index contributed by atoms with van der Waals surface area (Å²) in [6.07, 6.45) is 3.86. The maximum atomic E-state index is 5.56. The monoisotopic (exact) mass is 280 g/mol. The van der Waals surface area contributed by atoms with Gasteiger partial charge >= 0.3 is 0 Å². The van der Waals surface area contributed by atoms with Crippen LogP contribution in [-0.4, -0.2) is 36.3 Å². The molecule has 1 saturated heterocycles. The van der Waals surface area contributed by atoms with Crippen LogP contribution in [0.15, 0.2) is 29.4 Å². The summed E-state index contributed by atoms with van der Waals surface area (Å²) < 4.78 is 0. The van der Waals surface area contributed by atoms with Crippen molar-refractivity contribution in [3.63, 3.8) is 0 Å². The smallest absolute Gasteiger partial charge is 0.145 e. The van der Waals surface area contributed by atoms with Crippen molar-refractivity contribution in [2.45, 2.75) is 32.3 Å². The van der Waals surface area contributed by atoms with E-state index in [1.54, 1.807) is 0 Å². The molecule has 2 heterocycles. The lowest BCUT2D eigenvalue weighted by Gasteiger charge is -2.17. The van der Waals surface area contributed by atoms with Crippen molar-refractivity contribution >= 4 is 18.1 Å². The fourth-order valence-electron chi connectivity index (χ4n) is 2.70. The van der Waals surface area contributed by atoms with Crippen molar-refractivity contribution in [3.05, 3.63) is 35.4 Å². The van der Waals surface area contributed by atoms with Crippen molar-refractivity contribution in [2.75, 3.05) is 19.6 Å². The third-order valence-electron chi connectivity index (χ3n) is 3.78. The minimum atomic E-state index is 0. The van der Waals surface area contributed by atoms with E-state index in [1.165, 1.54) is 37.1 Å². The van der Waals surface area contributed by atoms with Crippen LogP contribution in [0.5, 0.6) is 0 Å². The maximum absolute atomic E-state index is 5.56. The second-order valence-corrected chi connectivity index (χ2v) is 5.34. The molecular formula is C15H21ClN2O. The molecule has 0 bridgehead atoms. The molecular weight excluding hydrogens is 260 g/mol. The summed E-state index contributed by atoms with van der Waals surface area (Å²) in [5.74, 6) is 0. The number of rotatable bonds is 3. The van der Waals surface area contributed by atoms with Gasteiger partial charge in [0.15, 0.2) is 0 Å². The highest BCUT2D eigenvalue weighted by Crippen LogP contribution is 2.19. The van der Waals surface area contributed by atoms with Crippen LogP contribution >= 0.6 is 12.4 Å². The van der Waals surface area contributed by atoms with Crippen LogP contribution in [0.4, 0.5) is 0 Å². The van der Waals surface area contributed by atoms with E-state index in [-0.39, 0.29) is 18.5 Å². The van der Waals surface area contributed by atoms with Gasteiger partial charge in [0.05, 0.1) is 5.71 Å². The molecule has 1 aromatic rings. The summed E-state index contributed by atoms with van der Waals surface area (Å²) in [7, 11) is 0. The summed E-state index contributed by atoms with van der Waals surface area (Å²) >= 11 is 0. The van der Waals surface area contributed by atoms with Gasteiger partial charge in [-0.15, -0.1) is 12.4 Å². The molecule has 2 aliphatic heterocycles. The van der Waals surface area contributed by atoms with Crippen molar-refractivity contribution in [1.82, 2.24) is 4.90 Å². The number of aryl methyl sites for hydroxylation is 1. The zero-order valence-corrected chi connectivity index (χ0v) is 12.2. The predicted octanol–water partition coefficient (Wildman–Crippen LogP) is 3.01. The highest BCUT2D eigenvalue weighted by atomic mass is 35.5. The lowest BCUT2D eigenvalue weighted by atomic mass is 10.0. The Morgan fingerprint density at radius 3 is 2.58 bits per heavy atom.